The molecular weight excluding hydrogens is 484 g/mol. The van der Waals surface area contributed by atoms with Crippen molar-refractivity contribution >= 4 is 38.0 Å². The van der Waals surface area contributed by atoms with Crippen LogP contribution in [0.1, 0.15) is 36.4 Å². The van der Waals surface area contributed by atoms with E-state index in [0.717, 1.165) is 41.6 Å². The van der Waals surface area contributed by atoms with Crippen molar-refractivity contribution in [1.29, 1.82) is 0 Å². The minimum absolute atomic E-state index is 0.0558. The van der Waals surface area contributed by atoms with Crippen LogP contribution in [0.15, 0.2) is 44.6 Å². The predicted octanol–water partition coefficient (Wildman–Crippen LogP) is 2.55. The highest BCUT2D eigenvalue weighted by Gasteiger charge is 2.35. The number of hydrogen-bond donors (Lipinski definition) is 2. The molecule has 0 spiro atoms. The van der Waals surface area contributed by atoms with Gasteiger partial charge in [0.25, 0.3) is 10.0 Å². The zero-order valence-electron chi connectivity index (χ0n) is 20.5. The summed E-state index contributed by atoms with van der Waals surface area (Å²) in [6.45, 7) is 4.51. The van der Waals surface area contributed by atoms with Crippen LogP contribution in [0.2, 0.25) is 0 Å². The van der Waals surface area contributed by atoms with Crippen LogP contribution in [-0.2, 0) is 17.1 Å². The quantitative estimate of drug-likeness (QED) is 0.611. The first-order valence-corrected chi connectivity index (χ1v) is 14.1. The lowest BCUT2D eigenvalue weighted by Crippen LogP contribution is -2.38. The predicted molar refractivity (Wildman–Crippen MR) is 139 cm³/mol. The van der Waals surface area contributed by atoms with Gasteiger partial charge >= 0.3 is 0 Å². The fraction of sp³-hybridized carbons (Fsp3) is 0.522. The Bertz CT molecular complexity index is 1300. The molecule has 5 rings (SSSR count). The fourth-order valence-corrected chi connectivity index (χ4v) is 7.48. The normalized spacial score (nSPS) is 22.7. The molecule has 0 aromatic carbocycles. The largest absolute Gasteiger partial charge is 0.329 e. The van der Waals surface area contributed by atoms with Gasteiger partial charge in [-0.1, -0.05) is 0 Å². The third-order valence-corrected chi connectivity index (χ3v) is 10.2. The molecule has 0 bridgehead atoms. The first kappa shape index (κ1) is 24.2. The van der Waals surface area contributed by atoms with Gasteiger partial charge < -0.3 is 15.5 Å². The van der Waals surface area contributed by atoms with E-state index in [-0.39, 0.29) is 6.04 Å². The summed E-state index contributed by atoms with van der Waals surface area (Å²) in [7, 11) is 1.50. The van der Waals surface area contributed by atoms with Crippen LogP contribution in [-0.4, -0.2) is 72.8 Å². The highest BCUT2D eigenvalue weighted by Crippen LogP contribution is 2.35. The van der Waals surface area contributed by atoms with Crippen LogP contribution in [0.5, 0.6) is 0 Å². The molecule has 12 heteroatoms. The summed E-state index contributed by atoms with van der Waals surface area (Å²) < 4.78 is 28.9. The van der Waals surface area contributed by atoms with E-state index in [1.807, 2.05) is 37.1 Å². The third kappa shape index (κ3) is 4.80. The number of allylic oxidation sites excluding steroid dienone is 1. The lowest BCUT2D eigenvalue weighted by atomic mass is 9.94. The second kappa shape index (κ2) is 9.49. The summed E-state index contributed by atoms with van der Waals surface area (Å²) in [6.07, 6.45) is 9.30. The number of piperidine rings is 1. The SMILES string of the molecule is Cc1cc(NC2=NC(CC3CCCNC3)=CN3C2=NCC3c2cnn(C)c2)sc1S(=O)(=O)N(C)C. The van der Waals surface area contributed by atoms with Crippen LogP contribution >= 0.6 is 11.3 Å². The molecule has 35 heavy (non-hydrogen) atoms. The van der Waals surface area contributed by atoms with Crippen LogP contribution in [0.25, 0.3) is 0 Å². The molecule has 1 saturated heterocycles. The average Bonchev–Trinajstić information content (AvgIpc) is 3.53. The Labute approximate surface area is 210 Å². The smallest absolute Gasteiger partial charge is 0.252 e. The number of amidine groups is 2. The Hall–Kier alpha value is -2.54. The first-order chi connectivity index (χ1) is 16.7. The maximum absolute atomic E-state index is 12.7. The van der Waals surface area contributed by atoms with E-state index in [2.05, 4.69) is 26.8 Å². The summed E-state index contributed by atoms with van der Waals surface area (Å²) in [5.74, 6) is 1.97. The second-order valence-electron chi connectivity index (χ2n) is 9.53. The summed E-state index contributed by atoms with van der Waals surface area (Å²) >= 11 is 1.22. The lowest BCUT2D eigenvalue weighted by molar-refractivity contribution is 0.370. The van der Waals surface area contributed by atoms with Gasteiger partial charge in [-0.15, -0.1) is 11.3 Å². The number of sulfonamides is 1. The van der Waals surface area contributed by atoms with Crippen LogP contribution in [0.3, 0.4) is 0 Å². The van der Waals surface area contributed by atoms with Gasteiger partial charge in [-0.2, -0.15) is 5.10 Å². The number of fused-ring (bicyclic) bond motifs is 1. The van der Waals surface area contributed by atoms with Gasteiger partial charge in [0, 0.05) is 39.1 Å². The lowest BCUT2D eigenvalue weighted by Gasteiger charge is -2.30. The van der Waals surface area contributed by atoms with E-state index in [1.165, 1.54) is 28.5 Å². The number of aliphatic imine (C=N–C) groups is 2. The van der Waals surface area contributed by atoms with E-state index >= 15 is 0 Å². The molecule has 0 radical (unpaired) electrons. The van der Waals surface area contributed by atoms with Gasteiger partial charge in [0.05, 0.1) is 29.5 Å². The number of nitrogens with zero attached hydrogens (tertiary/aromatic N) is 6. The van der Waals surface area contributed by atoms with Crippen LogP contribution < -0.4 is 10.6 Å². The van der Waals surface area contributed by atoms with Crippen molar-refractivity contribution in [1.82, 2.24) is 24.3 Å². The van der Waals surface area contributed by atoms with Crippen molar-refractivity contribution in [2.45, 2.75) is 36.4 Å². The minimum atomic E-state index is -3.51. The molecule has 2 aromatic heterocycles. The van der Waals surface area contributed by atoms with Crippen molar-refractivity contribution in [3.63, 3.8) is 0 Å². The minimum Gasteiger partial charge on any atom is -0.329 e. The van der Waals surface area contributed by atoms with Gasteiger partial charge in [-0.05, 0) is 56.8 Å². The summed E-state index contributed by atoms with van der Waals surface area (Å²) in [5.41, 5.74) is 2.82. The van der Waals surface area contributed by atoms with Crippen molar-refractivity contribution in [3.8, 4) is 0 Å². The Morgan fingerprint density at radius 2 is 2.17 bits per heavy atom. The molecule has 2 aromatic rings. The Morgan fingerprint density at radius 3 is 2.86 bits per heavy atom. The molecule has 0 aliphatic carbocycles. The Balaban J connectivity index is 1.45. The average molecular weight is 517 g/mol. The van der Waals surface area contributed by atoms with E-state index < -0.39 is 10.0 Å². The number of anilines is 1. The third-order valence-electron chi connectivity index (χ3n) is 6.58. The molecular formula is C23H32N8O2S2. The highest BCUT2D eigenvalue weighted by molar-refractivity contribution is 7.91. The molecule has 2 N–H and O–H groups in total. The zero-order valence-corrected chi connectivity index (χ0v) is 22.2. The van der Waals surface area contributed by atoms with Crippen molar-refractivity contribution in [3.05, 3.63) is 41.5 Å². The fourth-order valence-electron chi connectivity index (χ4n) is 4.74. The van der Waals surface area contributed by atoms with Gasteiger partial charge in [0.15, 0.2) is 11.7 Å². The van der Waals surface area contributed by atoms with Crippen molar-refractivity contribution < 1.29 is 8.42 Å². The van der Waals surface area contributed by atoms with Crippen molar-refractivity contribution in [2.24, 2.45) is 23.0 Å². The summed E-state index contributed by atoms with van der Waals surface area (Å²) in [6, 6.07) is 1.92. The van der Waals surface area contributed by atoms with Gasteiger partial charge in [0.1, 0.15) is 4.21 Å². The van der Waals surface area contributed by atoms with Crippen LogP contribution in [0, 0.1) is 12.8 Å². The molecule has 10 nitrogen and oxygen atoms in total. The van der Waals surface area contributed by atoms with Gasteiger partial charge in [0.2, 0.25) is 0 Å². The van der Waals surface area contributed by atoms with E-state index in [4.69, 9.17) is 9.98 Å². The van der Waals surface area contributed by atoms with E-state index in [0.29, 0.717) is 28.1 Å². The molecule has 0 saturated carbocycles. The molecule has 5 heterocycles. The molecule has 3 aliphatic rings. The molecule has 2 atom stereocenters. The summed E-state index contributed by atoms with van der Waals surface area (Å²) in [5, 5.41) is 12.0. The highest BCUT2D eigenvalue weighted by atomic mass is 32.2. The Kier molecular flexibility index (Phi) is 6.55. The van der Waals surface area contributed by atoms with Crippen LogP contribution in [0.4, 0.5) is 5.00 Å². The monoisotopic (exact) mass is 516 g/mol. The number of thiophene rings is 1. The molecule has 188 valence electrons. The van der Waals surface area contributed by atoms with Gasteiger partial charge in [-0.25, -0.2) is 17.7 Å². The number of aryl methyl sites for hydroxylation is 2. The molecule has 1 fully saturated rings. The molecule has 0 amide bonds. The maximum atomic E-state index is 12.7. The maximum Gasteiger partial charge on any atom is 0.252 e. The van der Waals surface area contributed by atoms with Gasteiger partial charge in [-0.3, -0.25) is 9.67 Å². The number of aromatic nitrogens is 2. The number of rotatable bonds is 6. The molecule has 3 aliphatic heterocycles. The van der Waals surface area contributed by atoms with Crippen molar-refractivity contribution in [2.75, 3.05) is 39.0 Å². The second-order valence-corrected chi connectivity index (χ2v) is 12.9. The summed E-state index contributed by atoms with van der Waals surface area (Å²) in [4.78, 5) is 12.0. The zero-order chi connectivity index (χ0) is 24.7. The van der Waals surface area contributed by atoms with E-state index in [1.54, 1.807) is 14.1 Å². The molecule has 2 unspecified atom stereocenters. The Morgan fingerprint density at radius 1 is 1.34 bits per heavy atom. The first-order valence-electron chi connectivity index (χ1n) is 11.8. The number of hydrogen-bond acceptors (Lipinski definition) is 9. The van der Waals surface area contributed by atoms with E-state index in [9.17, 15) is 8.42 Å². The topological polar surface area (TPSA) is 107 Å². The number of nitrogens with one attached hydrogen (secondary N) is 2. The standard InChI is InChI=1S/C23H32N8O2S2/c1-15-8-20(34-23(15)35(32,33)29(2)3)28-21-22-25-12-19(17-11-26-30(4)13-17)31(22)14-18(27-21)9-16-6-5-7-24-10-16/h8,11,13-14,16,19,24H,5-7,9-10,12H2,1-4H3,(H,27,28).